The fourth-order valence-electron chi connectivity index (χ4n) is 7.86. The summed E-state index contributed by atoms with van der Waals surface area (Å²) in [5, 5.41) is 0. The minimum Gasteiger partial charge on any atom is -0.462 e. The highest BCUT2D eigenvalue weighted by molar-refractivity contribution is 5.71. The van der Waals surface area contributed by atoms with E-state index in [4.69, 9.17) is 14.2 Å². The molecule has 344 valence electrons. The van der Waals surface area contributed by atoms with Gasteiger partial charge in [-0.15, -0.1) is 0 Å². The number of rotatable bonds is 47. The van der Waals surface area contributed by atoms with E-state index in [-0.39, 0.29) is 31.1 Å². The molecule has 0 spiro atoms. The molecule has 0 rings (SSSR count). The van der Waals surface area contributed by atoms with E-state index in [0.717, 1.165) is 63.7 Å². The maximum atomic E-state index is 12.7. The molecule has 6 heteroatoms. The van der Waals surface area contributed by atoms with Gasteiger partial charge >= 0.3 is 17.9 Å². The molecule has 0 fully saturated rings. The first kappa shape index (κ1) is 56.4. The largest absolute Gasteiger partial charge is 0.462 e. The fourth-order valence-corrected chi connectivity index (χ4v) is 7.86. The molecule has 0 saturated carbocycles. The van der Waals surface area contributed by atoms with Gasteiger partial charge in [0.05, 0.1) is 0 Å². The highest BCUT2D eigenvalue weighted by atomic mass is 16.6. The summed E-state index contributed by atoms with van der Waals surface area (Å²) >= 11 is 0. The maximum absolute atomic E-state index is 12.7. The van der Waals surface area contributed by atoms with E-state index in [2.05, 4.69) is 27.7 Å². The summed E-state index contributed by atoms with van der Waals surface area (Å²) in [6.45, 7) is 8.95. The molecule has 0 bridgehead atoms. The molecule has 0 unspecified atom stereocenters. The monoisotopic (exact) mass is 821 g/mol. The zero-order chi connectivity index (χ0) is 42.4. The molecule has 0 radical (unpaired) electrons. The summed E-state index contributed by atoms with van der Waals surface area (Å²) in [4.78, 5) is 37.8. The quantitative estimate of drug-likeness (QED) is 0.0346. The third-order valence-electron chi connectivity index (χ3n) is 11.8. The van der Waals surface area contributed by atoms with Crippen molar-refractivity contribution in [3.05, 3.63) is 0 Å². The van der Waals surface area contributed by atoms with Crippen molar-refractivity contribution < 1.29 is 28.6 Å². The normalized spacial score (nSPS) is 11.9. The number of hydrogen-bond acceptors (Lipinski definition) is 6. The van der Waals surface area contributed by atoms with Gasteiger partial charge in [0, 0.05) is 19.3 Å². The van der Waals surface area contributed by atoms with Crippen LogP contribution in [0.15, 0.2) is 0 Å². The molecular weight excluding hydrogens is 721 g/mol. The molecule has 0 aliphatic rings. The summed E-state index contributed by atoms with van der Waals surface area (Å²) in [5.41, 5.74) is 0. The Morgan fingerprint density at radius 2 is 0.569 bits per heavy atom. The molecular formula is C52H100O6. The van der Waals surface area contributed by atoms with Crippen molar-refractivity contribution in [2.75, 3.05) is 13.2 Å². The molecule has 0 aromatic carbocycles. The fraction of sp³-hybridized carbons (Fsp3) is 0.942. The average Bonchev–Trinajstić information content (AvgIpc) is 3.21. The molecule has 1 atom stereocenters. The SMILES string of the molecule is CCCCCCCCCCCCCCCCCCCCCC(=O)OC[C@H](COC(=O)CCCCCCCCCCCCCC)OC(=O)CCCCCCCCC(C)C. The number of ether oxygens (including phenoxy) is 3. The minimum absolute atomic E-state index is 0.0641. The summed E-state index contributed by atoms with van der Waals surface area (Å²) in [5.74, 6) is -0.0926. The van der Waals surface area contributed by atoms with Crippen LogP contribution in [0.4, 0.5) is 0 Å². The van der Waals surface area contributed by atoms with Crippen molar-refractivity contribution in [2.24, 2.45) is 5.92 Å². The van der Waals surface area contributed by atoms with Crippen molar-refractivity contribution in [1.29, 1.82) is 0 Å². The van der Waals surface area contributed by atoms with Crippen molar-refractivity contribution in [3.8, 4) is 0 Å². The van der Waals surface area contributed by atoms with E-state index in [1.807, 2.05) is 0 Å². The zero-order valence-electron chi connectivity index (χ0n) is 39.5. The summed E-state index contributed by atoms with van der Waals surface area (Å²) in [7, 11) is 0. The van der Waals surface area contributed by atoms with Crippen LogP contribution >= 0.6 is 0 Å². The van der Waals surface area contributed by atoms with E-state index in [9.17, 15) is 14.4 Å². The van der Waals surface area contributed by atoms with E-state index in [1.54, 1.807) is 0 Å². The van der Waals surface area contributed by atoms with Gasteiger partial charge in [0.15, 0.2) is 6.10 Å². The summed E-state index contributed by atoms with van der Waals surface area (Å²) in [6.07, 6.45) is 48.2. The molecule has 6 nitrogen and oxygen atoms in total. The van der Waals surface area contributed by atoms with Crippen LogP contribution in [0.5, 0.6) is 0 Å². The van der Waals surface area contributed by atoms with Gasteiger partial charge in [-0.05, 0) is 25.2 Å². The standard InChI is InChI=1S/C52H100O6/c1-5-7-9-11-13-15-17-19-20-21-22-23-24-25-27-29-31-36-40-44-51(54)57-47-49(58-52(55)45-41-37-33-32-34-38-42-48(3)4)46-56-50(53)43-39-35-30-28-26-18-16-14-12-10-8-6-2/h48-49H,5-47H2,1-4H3/t49-/m0/s1. The third kappa shape index (κ3) is 45.5. The van der Waals surface area contributed by atoms with E-state index in [1.165, 1.54) is 186 Å². The van der Waals surface area contributed by atoms with E-state index < -0.39 is 6.10 Å². The lowest BCUT2D eigenvalue weighted by atomic mass is 10.0. The predicted octanol–water partition coefficient (Wildman–Crippen LogP) is 16.7. The van der Waals surface area contributed by atoms with Crippen LogP contribution < -0.4 is 0 Å². The van der Waals surface area contributed by atoms with Crippen molar-refractivity contribution in [1.82, 2.24) is 0 Å². The van der Waals surface area contributed by atoms with Crippen molar-refractivity contribution >= 4 is 17.9 Å². The first-order valence-electron chi connectivity index (χ1n) is 25.9. The molecule has 58 heavy (non-hydrogen) atoms. The average molecular weight is 821 g/mol. The van der Waals surface area contributed by atoms with Gasteiger partial charge in [0.2, 0.25) is 0 Å². The summed E-state index contributed by atoms with van der Waals surface area (Å²) in [6, 6.07) is 0. The Balaban J connectivity index is 4.19. The van der Waals surface area contributed by atoms with E-state index >= 15 is 0 Å². The van der Waals surface area contributed by atoms with Gasteiger partial charge in [-0.1, -0.05) is 252 Å². The highest BCUT2D eigenvalue weighted by Gasteiger charge is 2.19. The Morgan fingerprint density at radius 1 is 0.328 bits per heavy atom. The smallest absolute Gasteiger partial charge is 0.306 e. The molecule has 0 amide bonds. The number of esters is 3. The number of carbonyl (C=O) groups excluding carboxylic acids is 3. The first-order chi connectivity index (χ1) is 28.4. The second-order valence-corrected chi connectivity index (χ2v) is 18.3. The number of carbonyl (C=O) groups is 3. The Morgan fingerprint density at radius 3 is 0.845 bits per heavy atom. The van der Waals surface area contributed by atoms with Crippen molar-refractivity contribution in [3.63, 3.8) is 0 Å². The molecule has 0 aromatic rings. The van der Waals surface area contributed by atoms with Gasteiger partial charge in [-0.25, -0.2) is 0 Å². The van der Waals surface area contributed by atoms with Crippen LogP contribution in [0.2, 0.25) is 0 Å². The lowest BCUT2D eigenvalue weighted by Gasteiger charge is -2.18. The molecule has 0 aliphatic heterocycles. The van der Waals surface area contributed by atoms with Gasteiger partial charge in [-0.2, -0.15) is 0 Å². The van der Waals surface area contributed by atoms with Crippen LogP contribution in [0.1, 0.15) is 291 Å². The molecule has 0 aromatic heterocycles. The minimum atomic E-state index is -0.761. The molecule has 0 aliphatic carbocycles. The highest BCUT2D eigenvalue weighted by Crippen LogP contribution is 2.17. The summed E-state index contributed by atoms with van der Waals surface area (Å²) < 4.78 is 16.8. The number of unbranched alkanes of at least 4 members (excludes halogenated alkanes) is 34. The van der Waals surface area contributed by atoms with Crippen LogP contribution in [-0.2, 0) is 28.6 Å². The molecule has 0 saturated heterocycles. The Kier molecular flexibility index (Phi) is 45.2. The van der Waals surface area contributed by atoms with Gasteiger partial charge in [0.25, 0.3) is 0 Å². The van der Waals surface area contributed by atoms with Crippen molar-refractivity contribution in [2.45, 2.75) is 297 Å². The Bertz CT molecular complexity index is 872. The van der Waals surface area contributed by atoms with Gasteiger partial charge < -0.3 is 14.2 Å². The topological polar surface area (TPSA) is 78.9 Å². The second-order valence-electron chi connectivity index (χ2n) is 18.3. The van der Waals surface area contributed by atoms with Crippen LogP contribution in [0.25, 0.3) is 0 Å². The first-order valence-corrected chi connectivity index (χ1v) is 25.9. The lowest BCUT2D eigenvalue weighted by molar-refractivity contribution is -0.167. The second kappa shape index (κ2) is 46.5. The maximum Gasteiger partial charge on any atom is 0.306 e. The Labute approximate surface area is 361 Å². The van der Waals surface area contributed by atoms with Gasteiger partial charge in [0.1, 0.15) is 13.2 Å². The Hall–Kier alpha value is -1.59. The third-order valence-corrected chi connectivity index (χ3v) is 11.8. The predicted molar refractivity (Wildman–Crippen MR) is 247 cm³/mol. The van der Waals surface area contributed by atoms with Crippen LogP contribution in [0.3, 0.4) is 0 Å². The van der Waals surface area contributed by atoms with Gasteiger partial charge in [-0.3, -0.25) is 14.4 Å². The zero-order valence-corrected chi connectivity index (χ0v) is 39.5. The van der Waals surface area contributed by atoms with E-state index in [0.29, 0.717) is 19.3 Å². The lowest BCUT2D eigenvalue weighted by Crippen LogP contribution is -2.30. The van der Waals surface area contributed by atoms with Crippen LogP contribution in [-0.4, -0.2) is 37.2 Å². The molecule has 0 N–H and O–H groups in total. The molecule has 0 heterocycles. The number of hydrogen-bond donors (Lipinski definition) is 0. The van der Waals surface area contributed by atoms with Crippen LogP contribution in [0, 0.1) is 5.92 Å².